The van der Waals surface area contributed by atoms with Crippen LogP contribution in [0.15, 0.2) is 29.6 Å². The molecule has 3 aliphatic rings. The summed E-state index contributed by atoms with van der Waals surface area (Å²) in [5, 5.41) is 14.3. The van der Waals surface area contributed by atoms with Gasteiger partial charge in [-0.25, -0.2) is 4.98 Å². The molecule has 2 aliphatic heterocycles. The number of benzene rings is 1. The molecular weight excluding hydrogens is 370 g/mol. The van der Waals surface area contributed by atoms with Gasteiger partial charge in [-0.2, -0.15) is 0 Å². The molecule has 2 saturated heterocycles. The number of aliphatic hydroxyl groups is 1. The molecule has 1 spiro atoms. The van der Waals surface area contributed by atoms with Gasteiger partial charge in [0.25, 0.3) is 5.91 Å². The number of hydrogen-bond donors (Lipinski definition) is 1. The third kappa shape index (κ3) is 2.73. The lowest BCUT2D eigenvalue weighted by Gasteiger charge is -2.43. The van der Waals surface area contributed by atoms with Gasteiger partial charge in [0.15, 0.2) is 0 Å². The first-order valence-electron chi connectivity index (χ1n) is 10.3. The van der Waals surface area contributed by atoms with Crippen LogP contribution in [-0.4, -0.2) is 58.1 Å². The number of hydrogen-bond acceptors (Lipinski definition) is 5. The summed E-state index contributed by atoms with van der Waals surface area (Å²) < 4.78 is 0. The molecule has 2 fully saturated rings. The molecule has 148 valence electrons. The monoisotopic (exact) mass is 397 g/mol. The topological polar surface area (TPSA) is 56.7 Å². The van der Waals surface area contributed by atoms with Crippen LogP contribution in [0.2, 0.25) is 0 Å². The van der Waals surface area contributed by atoms with Crippen LogP contribution in [0.25, 0.3) is 0 Å². The van der Waals surface area contributed by atoms with E-state index in [2.05, 4.69) is 34.1 Å². The van der Waals surface area contributed by atoms with E-state index in [1.165, 1.54) is 35.3 Å². The first-order valence-corrected chi connectivity index (χ1v) is 11.2. The zero-order valence-corrected chi connectivity index (χ0v) is 17.1. The fourth-order valence-corrected chi connectivity index (χ4v) is 6.14. The van der Waals surface area contributed by atoms with Crippen LogP contribution >= 0.6 is 11.3 Å². The predicted octanol–water partition coefficient (Wildman–Crippen LogP) is 3.14. The van der Waals surface area contributed by atoms with E-state index in [1.54, 1.807) is 0 Å². The maximum Gasteiger partial charge on any atom is 0.273 e. The molecule has 0 unspecified atom stereocenters. The van der Waals surface area contributed by atoms with Gasteiger partial charge in [-0.15, -0.1) is 11.3 Å². The van der Waals surface area contributed by atoms with Crippen LogP contribution in [0.5, 0.6) is 0 Å². The molecule has 1 aliphatic carbocycles. The minimum atomic E-state index is -0.401. The third-order valence-electron chi connectivity index (χ3n) is 7.00. The van der Waals surface area contributed by atoms with E-state index in [0.29, 0.717) is 18.8 Å². The number of amides is 1. The van der Waals surface area contributed by atoms with Gasteiger partial charge in [0.05, 0.1) is 17.2 Å². The Morgan fingerprint density at radius 2 is 1.89 bits per heavy atom. The maximum absolute atomic E-state index is 12.8. The zero-order chi connectivity index (χ0) is 19.3. The lowest BCUT2D eigenvalue weighted by molar-refractivity contribution is -0.00782. The Labute approximate surface area is 170 Å². The number of aryl methyl sites for hydroxylation is 1. The van der Waals surface area contributed by atoms with E-state index in [9.17, 15) is 9.90 Å². The van der Waals surface area contributed by atoms with E-state index < -0.39 is 6.10 Å². The number of nitrogens with zero attached hydrogens (tertiary/aromatic N) is 3. The molecule has 1 aromatic heterocycles. The molecule has 2 aromatic rings. The normalized spacial score (nSPS) is 26.7. The number of rotatable bonds is 2. The maximum atomic E-state index is 12.8. The second-order valence-corrected chi connectivity index (χ2v) is 9.48. The molecule has 0 saturated carbocycles. The van der Waals surface area contributed by atoms with Crippen molar-refractivity contribution in [2.45, 2.75) is 50.2 Å². The van der Waals surface area contributed by atoms with Crippen LogP contribution in [0.4, 0.5) is 0 Å². The lowest BCUT2D eigenvalue weighted by Crippen LogP contribution is -2.51. The molecule has 0 radical (unpaired) electrons. The van der Waals surface area contributed by atoms with Crippen molar-refractivity contribution in [2.75, 3.05) is 26.2 Å². The first-order chi connectivity index (χ1) is 13.6. The van der Waals surface area contributed by atoms with E-state index in [0.717, 1.165) is 30.9 Å². The SMILES string of the molecule is Cc1nc(C(=O)N2CCC3(CC2)c2ccccc2[C@@H](N2CCCC2)[C@@H]3O)cs1. The van der Waals surface area contributed by atoms with Crippen molar-refractivity contribution in [3.8, 4) is 0 Å². The standard InChI is InChI=1S/C22H27N3O2S/c1-15-23-18(14-28-15)21(27)25-12-8-22(9-13-25)17-7-3-2-6-16(17)19(20(22)26)24-10-4-5-11-24/h2-3,6-7,14,19-20,26H,4-5,8-13H2,1H3/t19-,20+/m1/s1. The Balaban J connectivity index is 1.41. The highest BCUT2D eigenvalue weighted by Gasteiger charge is 2.54. The summed E-state index contributed by atoms with van der Waals surface area (Å²) in [5.74, 6) is 0.0241. The van der Waals surface area contributed by atoms with Crippen LogP contribution in [-0.2, 0) is 5.41 Å². The highest BCUT2D eigenvalue weighted by Crippen LogP contribution is 2.53. The number of fused-ring (bicyclic) bond motifs is 2. The van der Waals surface area contributed by atoms with Gasteiger partial charge in [0.1, 0.15) is 5.69 Å². The molecule has 5 nitrogen and oxygen atoms in total. The lowest BCUT2D eigenvalue weighted by atomic mass is 9.72. The van der Waals surface area contributed by atoms with E-state index >= 15 is 0 Å². The highest BCUT2D eigenvalue weighted by molar-refractivity contribution is 7.09. The van der Waals surface area contributed by atoms with Crippen molar-refractivity contribution >= 4 is 17.2 Å². The van der Waals surface area contributed by atoms with E-state index in [-0.39, 0.29) is 17.4 Å². The number of piperidine rings is 1. The summed E-state index contributed by atoms with van der Waals surface area (Å²) >= 11 is 1.52. The fourth-order valence-electron chi connectivity index (χ4n) is 5.55. The van der Waals surface area contributed by atoms with Gasteiger partial charge in [0, 0.05) is 23.9 Å². The fraction of sp³-hybridized carbons (Fsp3) is 0.545. The molecule has 0 bridgehead atoms. The molecule has 1 aromatic carbocycles. The van der Waals surface area contributed by atoms with Crippen molar-refractivity contribution in [2.24, 2.45) is 0 Å². The van der Waals surface area contributed by atoms with Crippen molar-refractivity contribution in [3.05, 3.63) is 51.5 Å². The average molecular weight is 398 g/mol. The molecule has 5 rings (SSSR count). The van der Waals surface area contributed by atoms with Gasteiger partial charge in [0.2, 0.25) is 0 Å². The van der Waals surface area contributed by atoms with Crippen molar-refractivity contribution in [1.29, 1.82) is 0 Å². The van der Waals surface area contributed by atoms with E-state index in [4.69, 9.17) is 0 Å². The van der Waals surface area contributed by atoms with Gasteiger partial charge in [-0.3, -0.25) is 9.69 Å². The predicted molar refractivity (Wildman–Crippen MR) is 110 cm³/mol. The Kier molecular flexibility index (Phi) is 4.53. The summed E-state index contributed by atoms with van der Waals surface area (Å²) in [6, 6.07) is 8.69. The molecule has 1 amide bonds. The van der Waals surface area contributed by atoms with Crippen LogP contribution in [0.1, 0.15) is 58.3 Å². The Bertz CT molecular complexity index is 881. The smallest absolute Gasteiger partial charge is 0.273 e. The summed E-state index contributed by atoms with van der Waals surface area (Å²) in [4.78, 5) is 21.6. The number of aliphatic hydroxyl groups excluding tert-OH is 1. The van der Waals surface area contributed by atoms with Crippen LogP contribution < -0.4 is 0 Å². The minimum Gasteiger partial charge on any atom is -0.390 e. The molecule has 3 heterocycles. The van der Waals surface area contributed by atoms with Crippen molar-refractivity contribution in [3.63, 3.8) is 0 Å². The van der Waals surface area contributed by atoms with E-state index in [1.807, 2.05) is 17.2 Å². The van der Waals surface area contributed by atoms with Gasteiger partial charge >= 0.3 is 0 Å². The first kappa shape index (κ1) is 18.3. The third-order valence-corrected chi connectivity index (χ3v) is 7.77. The van der Waals surface area contributed by atoms with Crippen LogP contribution in [0, 0.1) is 6.92 Å². The van der Waals surface area contributed by atoms with Crippen molar-refractivity contribution in [1.82, 2.24) is 14.8 Å². The van der Waals surface area contributed by atoms with Gasteiger partial charge in [-0.1, -0.05) is 24.3 Å². The molecular formula is C22H27N3O2S. The Morgan fingerprint density at radius 3 is 2.57 bits per heavy atom. The number of likely N-dealkylation sites (tertiary alicyclic amines) is 2. The Hall–Kier alpha value is -1.76. The number of aromatic nitrogens is 1. The quantitative estimate of drug-likeness (QED) is 0.846. The number of thiazole rings is 1. The molecule has 1 N–H and O–H groups in total. The second-order valence-electron chi connectivity index (χ2n) is 8.42. The van der Waals surface area contributed by atoms with Gasteiger partial charge in [-0.05, 0) is 56.8 Å². The van der Waals surface area contributed by atoms with Crippen molar-refractivity contribution < 1.29 is 9.90 Å². The molecule has 6 heteroatoms. The number of carbonyl (C=O) groups excluding carboxylic acids is 1. The summed E-state index contributed by atoms with van der Waals surface area (Å²) in [6.45, 7) is 5.41. The second kappa shape index (κ2) is 6.94. The highest BCUT2D eigenvalue weighted by atomic mass is 32.1. The minimum absolute atomic E-state index is 0.0241. The summed E-state index contributed by atoms with van der Waals surface area (Å²) in [6.07, 6.45) is 3.65. The largest absolute Gasteiger partial charge is 0.390 e. The molecule has 2 atom stereocenters. The average Bonchev–Trinajstić information content (AvgIpc) is 3.44. The summed E-state index contributed by atoms with van der Waals surface area (Å²) in [5.41, 5.74) is 2.92. The zero-order valence-electron chi connectivity index (χ0n) is 16.3. The van der Waals surface area contributed by atoms with Gasteiger partial charge < -0.3 is 10.0 Å². The number of carbonyl (C=O) groups is 1. The Morgan fingerprint density at radius 1 is 1.18 bits per heavy atom. The molecule has 28 heavy (non-hydrogen) atoms. The van der Waals surface area contributed by atoms with Crippen LogP contribution in [0.3, 0.4) is 0 Å². The summed E-state index contributed by atoms with van der Waals surface area (Å²) in [7, 11) is 0.